The van der Waals surface area contributed by atoms with Gasteiger partial charge >= 0.3 is 0 Å². The number of aryl methyl sites for hydroxylation is 2. The smallest absolute Gasteiger partial charge is 0.136 e. The molecule has 0 spiro atoms. The van der Waals surface area contributed by atoms with Gasteiger partial charge in [0, 0.05) is 11.8 Å². The molecule has 0 fully saturated rings. The van der Waals surface area contributed by atoms with Gasteiger partial charge in [-0.05, 0) is 32.9 Å². The van der Waals surface area contributed by atoms with Crippen molar-refractivity contribution in [2.24, 2.45) is 0 Å². The fourth-order valence-corrected chi connectivity index (χ4v) is 1.74. The number of aromatic nitrogens is 2. The largest absolute Gasteiger partial charge is 0.466 e. The van der Waals surface area contributed by atoms with Crippen molar-refractivity contribution in [3.8, 4) is 0 Å². The predicted molar refractivity (Wildman–Crippen MR) is 68.3 cm³/mol. The normalized spacial score (nSPS) is 14.2. The van der Waals surface area contributed by atoms with Crippen molar-refractivity contribution >= 4 is 5.82 Å². The van der Waals surface area contributed by atoms with Gasteiger partial charge < -0.3 is 14.8 Å². The van der Waals surface area contributed by atoms with Gasteiger partial charge in [-0.2, -0.15) is 0 Å². The molecule has 2 aromatic rings. The zero-order valence-corrected chi connectivity index (χ0v) is 10.8. The fourth-order valence-electron chi connectivity index (χ4n) is 1.74. The summed E-state index contributed by atoms with van der Waals surface area (Å²) in [6, 6.07) is 5.34. The summed E-state index contributed by atoms with van der Waals surface area (Å²) >= 11 is 0. The molecule has 2 rings (SSSR count). The summed E-state index contributed by atoms with van der Waals surface area (Å²) in [5.74, 6) is 1.93. The molecule has 2 aromatic heterocycles. The molecule has 1 unspecified atom stereocenters. The van der Waals surface area contributed by atoms with Crippen LogP contribution >= 0.6 is 0 Å². The second-order valence-corrected chi connectivity index (χ2v) is 4.55. The molecule has 2 heterocycles. The molecule has 5 nitrogen and oxygen atoms in total. The van der Waals surface area contributed by atoms with E-state index < -0.39 is 5.60 Å². The molecule has 0 aliphatic heterocycles. The monoisotopic (exact) mass is 247 g/mol. The van der Waals surface area contributed by atoms with Crippen LogP contribution in [-0.2, 0) is 5.60 Å². The number of nitrogens with one attached hydrogen (secondary N) is 1. The molecule has 1 atom stereocenters. The summed E-state index contributed by atoms with van der Waals surface area (Å²) in [5, 5.41) is 13.4. The molecule has 0 bridgehead atoms. The quantitative estimate of drug-likeness (QED) is 0.864. The Morgan fingerprint density at radius 2 is 2.17 bits per heavy atom. The van der Waals surface area contributed by atoms with Crippen LogP contribution in [0.3, 0.4) is 0 Å². The summed E-state index contributed by atoms with van der Waals surface area (Å²) in [7, 11) is 0. The Morgan fingerprint density at radius 3 is 2.78 bits per heavy atom. The number of nitrogens with zero attached hydrogens (tertiary/aromatic N) is 2. The van der Waals surface area contributed by atoms with Crippen LogP contribution in [0.25, 0.3) is 0 Å². The molecule has 0 amide bonds. The van der Waals surface area contributed by atoms with Crippen LogP contribution in [0.15, 0.2) is 28.9 Å². The summed E-state index contributed by atoms with van der Waals surface area (Å²) in [6.07, 6.45) is 1.54. The highest BCUT2D eigenvalue weighted by Gasteiger charge is 2.26. The third-order valence-electron chi connectivity index (χ3n) is 2.63. The summed E-state index contributed by atoms with van der Waals surface area (Å²) in [5.41, 5.74) is -0.182. The minimum atomic E-state index is -1.07. The molecular formula is C13H17N3O2. The number of aliphatic hydroxyl groups is 1. The van der Waals surface area contributed by atoms with Gasteiger partial charge in [-0.15, -0.1) is 0 Å². The zero-order valence-electron chi connectivity index (χ0n) is 10.8. The highest BCUT2D eigenvalue weighted by atomic mass is 16.4. The lowest BCUT2D eigenvalue weighted by Crippen LogP contribution is -2.30. The second kappa shape index (κ2) is 4.78. The Balaban J connectivity index is 2.07. The van der Waals surface area contributed by atoms with E-state index in [2.05, 4.69) is 15.3 Å². The van der Waals surface area contributed by atoms with E-state index in [-0.39, 0.29) is 0 Å². The van der Waals surface area contributed by atoms with Gasteiger partial charge in [-0.3, -0.25) is 0 Å². The number of hydrogen-bond acceptors (Lipinski definition) is 5. The first-order valence-corrected chi connectivity index (χ1v) is 5.80. The Morgan fingerprint density at radius 1 is 1.39 bits per heavy atom. The lowest BCUT2D eigenvalue weighted by atomic mass is 10.0. The van der Waals surface area contributed by atoms with Gasteiger partial charge in [-0.25, -0.2) is 9.97 Å². The molecule has 2 N–H and O–H groups in total. The Labute approximate surface area is 106 Å². The van der Waals surface area contributed by atoms with Crippen LogP contribution in [0.4, 0.5) is 5.82 Å². The molecule has 0 aliphatic rings. The van der Waals surface area contributed by atoms with E-state index in [1.165, 1.54) is 0 Å². The molecule has 0 saturated heterocycles. The zero-order chi connectivity index (χ0) is 13.2. The third-order valence-corrected chi connectivity index (χ3v) is 2.63. The number of furan rings is 1. The highest BCUT2D eigenvalue weighted by Crippen LogP contribution is 2.21. The van der Waals surface area contributed by atoms with Crippen LogP contribution in [0.1, 0.15) is 24.2 Å². The number of hydrogen-bond donors (Lipinski definition) is 2. The lowest BCUT2D eigenvalue weighted by Gasteiger charge is -2.21. The first-order chi connectivity index (χ1) is 8.47. The Kier molecular flexibility index (Phi) is 3.34. The maximum atomic E-state index is 10.3. The van der Waals surface area contributed by atoms with E-state index in [0.717, 1.165) is 5.69 Å². The lowest BCUT2D eigenvalue weighted by molar-refractivity contribution is 0.0476. The van der Waals surface area contributed by atoms with Crippen LogP contribution in [0, 0.1) is 13.8 Å². The van der Waals surface area contributed by atoms with E-state index in [9.17, 15) is 5.11 Å². The maximum Gasteiger partial charge on any atom is 0.136 e. The third kappa shape index (κ3) is 2.87. The molecule has 0 saturated carbocycles. The van der Waals surface area contributed by atoms with E-state index in [1.54, 1.807) is 25.3 Å². The molecule has 0 aliphatic carbocycles. The summed E-state index contributed by atoms with van der Waals surface area (Å²) in [6.45, 7) is 5.75. The van der Waals surface area contributed by atoms with Gasteiger partial charge in [0.15, 0.2) is 0 Å². The minimum absolute atomic E-state index is 0.316. The Hall–Kier alpha value is -1.88. The van der Waals surface area contributed by atoms with Crippen molar-refractivity contribution in [3.63, 3.8) is 0 Å². The molecular weight excluding hydrogens is 230 g/mol. The van der Waals surface area contributed by atoms with Crippen LogP contribution in [0.2, 0.25) is 0 Å². The van der Waals surface area contributed by atoms with E-state index >= 15 is 0 Å². The average molecular weight is 247 g/mol. The average Bonchev–Trinajstić information content (AvgIpc) is 2.79. The van der Waals surface area contributed by atoms with Crippen molar-refractivity contribution in [1.29, 1.82) is 0 Å². The SMILES string of the molecule is Cc1cc(NCC(C)(O)c2ccco2)nc(C)n1. The Bertz CT molecular complexity index is 501. The van der Waals surface area contributed by atoms with Crippen molar-refractivity contribution in [3.05, 3.63) is 41.7 Å². The minimum Gasteiger partial charge on any atom is -0.466 e. The van der Waals surface area contributed by atoms with Gasteiger partial charge in [0.25, 0.3) is 0 Å². The van der Waals surface area contributed by atoms with Gasteiger partial charge in [0.1, 0.15) is 23.0 Å². The first kappa shape index (κ1) is 12.6. The maximum absolute atomic E-state index is 10.3. The molecule has 96 valence electrons. The topological polar surface area (TPSA) is 71.2 Å². The molecule has 5 heteroatoms. The van der Waals surface area contributed by atoms with E-state index in [0.29, 0.717) is 23.9 Å². The van der Waals surface area contributed by atoms with Crippen molar-refractivity contribution in [2.45, 2.75) is 26.4 Å². The summed E-state index contributed by atoms with van der Waals surface area (Å²) < 4.78 is 5.21. The fraction of sp³-hybridized carbons (Fsp3) is 0.385. The molecule has 0 aromatic carbocycles. The predicted octanol–water partition coefficient (Wildman–Crippen LogP) is 2.01. The second-order valence-electron chi connectivity index (χ2n) is 4.55. The van der Waals surface area contributed by atoms with E-state index in [4.69, 9.17) is 4.42 Å². The molecule has 18 heavy (non-hydrogen) atoms. The van der Waals surface area contributed by atoms with E-state index in [1.807, 2.05) is 19.9 Å². The van der Waals surface area contributed by atoms with Gasteiger partial charge in [0.2, 0.25) is 0 Å². The van der Waals surface area contributed by atoms with Crippen molar-refractivity contribution in [1.82, 2.24) is 9.97 Å². The number of rotatable bonds is 4. The van der Waals surface area contributed by atoms with Gasteiger partial charge in [-0.1, -0.05) is 0 Å². The standard InChI is InChI=1S/C13H17N3O2/c1-9-7-12(16-10(2)15-9)14-8-13(3,17)11-5-4-6-18-11/h4-7,17H,8H2,1-3H3,(H,14,15,16). The number of anilines is 1. The van der Waals surface area contributed by atoms with Crippen molar-refractivity contribution < 1.29 is 9.52 Å². The van der Waals surface area contributed by atoms with Gasteiger partial charge in [0.05, 0.1) is 12.8 Å². The van der Waals surface area contributed by atoms with Crippen LogP contribution in [0.5, 0.6) is 0 Å². The first-order valence-electron chi connectivity index (χ1n) is 5.80. The highest BCUT2D eigenvalue weighted by molar-refractivity contribution is 5.36. The molecule has 0 radical (unpaired) electrons. The van der Waals surface area contributed by atoms with Crippen LogP contribution in [-0.4, -0.2) is 21.6 Å². The van der Waals surface area contributed by atoms with Crippen molar-refractivity contribution in [2.75, 3.05) is 11.9 Å². The summed E-state index contributed by atoms with van der Waals surface area (Å²) in [4.78, 5) is 8.45. The van der Waals surface area contributed by atoms with Crippen LogP contribution < -0.4 is 5.32 Å².